The SMILES string of the molecule is CCNC(=NCc1cccc(CN2CCOC(C)C2)c1)NC(C)CCS(C)(=O)=O.I. The van der Waals surface area contributed by atoms with Gasteiger partial charge in [0.05, 0.1) is 25.0 Å². The van der Waals surface area contributed by atoms with Crippen LogP contribution in [0.5, 0.6) is 0 Å². The highest BCUT2D eigenvalue weighted by Crippen LogP contribution is 2.12. The molecule has 2 atom stereocenters. The van der Waals surface area contributed by atoms with Crippen LogP contribution in [0.25, 0.3) is 0 Å². The van der Waals surface area contributed by atoms with Crippen molar-refractivity contribution in [1.82, 2.24) is 15.5 Å². The molecular formula is C21H37IN4O3S. The van der Waals surface area contributed by atoms with Crippen LogP contribution in [0, 0.1) is 0 Å². The van der Waals surface area contributed by atoms with Gasteiger partial charge in [0.25, 0.3) is 0 Å². The zero-order valence-electron chi connectivity index (χ0n) is 18.6. The first-order chi connectivity index (χ1) is 13.7. The summed E-state index contributed by atoms with van der Waals surface area (Å²) in [7, 11) is -2.96. The standard InChI is InChI=1S/C21H36N4O3S.HI/c1-5-22-21(24-17(2)9-12-29(4,26)27)23-14-19-7-6-8-20(13-19)16-25-10-11-28-18(3)15-25;/h6-8,13,17-18H,5,9-12,14-16H2,1-4H3,(H2,22,23,24);1H. The van der Waals surface area contributed by atoms with Crippen molar-refractivity contribution in [1.29, 1.82) is 0 Å². The van der Waals surface area contributed by atoms with E-state index >= 15 is 0 Å². The monoisotopic (exact) mass is 552 g/mol. The number of guanidine groups is 1. The summed E-state index contributed by atoms with van der Waals surface area (Å²) >= 11 is 0. The van der Waals surface area contributed by atoms with Crippen LogP contribution in [0.15, 0.2) is 29.3 Å². The van der Waals surface area contributed by atoms with Gasteiger partial charge in [-0.1, -0.05) is 24.3 Å². The number of hydrogen-bond acceptors (Lipinski definition) is 5. The van der Waals surface area contributed by atoms with Crippen LogP contribution in [-0.2, 0) is 27.7 Å². The molecule has 0 aromatic heterocycles. The lowest BCUT2D eigenvalue weighted by molar-refractivity contribution is -0.0212. The van der Waals surface area contributed by atoms with Crippen molar-refractivity contribution < 1.29 is 13.2 Å². The normalized spacial score (nSPS) is 19.1. The second-order valence-electron chi connectivity index (χ2n) is 7.90. The third-order valence-electron chi connectivity index (χ3n) is 4.79. The Morgan fingerprint density at radius 3 is 2.77 bits per heavy atom. The molecule has 2 unspecified atom stereocenters. The molecular weight excluding hydrogens is 515 g/mol. The number of rotatable bonds is 9. The Labute approximate surface area is 199 Å². The molecule has 1 aromatic rings. The van der Waals surface area contributed by atoms with Gasteiger partial charge in [-0.15, -0.1) is 24.0 Å². The Hall–Kier alpha value is -0.910. The molecule has 0 bridgehead atoms. The number of nitrogens with one attached hydrogen (secondary N) is 2. The summed E-state index contributed by atoms with van der Waals surface area (Å²) in [6, 6.07) is 8.56. The molecule has 1 aromatic carbocycles. The fourth-order valence-electron chi connectivity index (χ4n) is 3.31. The van der Waals surface area contributed by atoms with E-state index in [2.05, 4.69) is 51.7 Å². The average Bonchev–Trinajstić information content (AvgIpc) is 2.64. The lowest BCUT2D eigenvalue weighted by Gasteiger charge is -2.31. The predicted octanol–water partition coefficient (Wildman–Crippen LogP) is 2.40. The van der Waals surface area contributed by atoms with Crippen LogP contribution >= 0.6 is 24.0 Å². The summed E-state index contributed by atoms with van der Waals surface area (Å²) < 4.78 is 28.4. The Bertz CT molecular complexity index is 773. The van der Waals surface area contributed by atoms with E-state index in [9.17, 15) is 8.42 Å². The number of halogens is 1. The molecule has 1 aliphatic heterocycles. The van der Waals surface area contributed by atoms with E-state index in [0.29, 0.717) is 18.9 Å². The van der Waals surface area contributed by atoms with Crippen molar-refractivity contribution in [2.24, 2.45) is 4.99 Å². The largest absolute Gasteiger partial charge is 0.376 e. The van der Waals surface area contributed by atoms with Gasteiger partial charge < -0.3 is 15.4 Å². The van der Waals surface area contributed by atoms with Crippen molar-refractivity contribution in [3.63, 3.8) is 0 Å². The summed E-state index contributed by atoms with van der Waals surface area (Å²) in [5, 5.41) is 6.53. The summed E-state index contributed by atoms with van der Waals surface area (Å²) in [6.07, 6.45) is 2.11. The third kappa shape index (κ3) is 10.9. The Balaban J connectivity index is 0.00000450. The summed E-state index contributed by atoms with van der Waals surface area (Å²) in [5.41, 5.74) is 2.44. The highest BCUT2D eigenvalue weighted by molar-refractivity contribution is 14.0. The number of sulfone groups is 1. The zero-order valence-corrected chi connectivity index (χ0v) is 21.7. The smallest absolute Gasteiger partial charge is 0.191 e. The molecule has 0 spiro atoms. The summed E-state index contributed by atoms with van der Waals surface area (Å²) in [6.45, 7) is 11.1. The van der Waals surface area contributed by atoms with Crippen LogP contribution in [0.2, 0.25) is 0 Å². The van der Waals surface area contributed by atoms with Gasteiger partial charge >= 0.3 is 0 Å². The van der Waals surface area contributed by atoms with Crippen LogP contribution < -0.4 is 10.6 Å². The second kappa shape index (κ2) is 13.5. The second-order valence-corrected chi connectivity index (χ2v) is 10.2. The molecule has 30 heavy (non-hydrogen) atoms. The highest BCUT2D eigenvalue weighted by atomic mass is 127. The quantitative estimate of drug-likeness (QED) is 0.278. The Kier molecular flexibility index (Phi) is 12.2. The molecule has 9 heteroatoms. The van der Waals surface area contributed by atoms with Crippen molar-refractivity contribution in [2.75, 3.05) is 38.2 Å². The lowest BCUT2D eigenvalue weighted by atomic mass is 10.1. The fraction of sp³-hybridized carbons (Fsp3) is 0.667. The number of nitrogens with zero attached hydrogens (tertiary/aromatic N) is 2. The Morgan fingerprint density at radius 1 is 1.37 bits per heavy atom. The number of ether oxygens (including phenoxy) is 1. The topological polar surface area (TPSA) is 83.0 Å². The molecule has 1 fully saturated rings. The fourth-order valence-corrected chi connectivity index (χ4v) is 4.09. The van der Waals surface area contributed by atoms with Crippen LogP contribution in [0.4, 0.5) is 0 Å². The maximum Gasteiger partial charge on any atom is 0.191 e. The molecule has 1 heterocycles. The van der Waals surface area contributed by atoms with Crippen molar-refractivity contribution in [3.8, 4) is 0 Å². The van der Waals surface area contributed by atoms with E-state index in [1.165, 1.54) is 11.8 Å². The minimum Gasteiger partial charge on any atom is -0.376 e. The van der Waals surface area contributed by atoms with Gasteiger partial charge in [0, 0.05) is 38.5 Å². The molecule has 0 amide bonds. The minimum atomic E-state index is -2.96. The van der Waals surface area contributed by atoms with Gasteiger partial charge in [-0.25, -0.2) is 13.4 Å². The first-order valence-electron chi connectivity index (χ1n) is 10.4. The molecule has 0 saturated carbocycles. The maximum absolute atomic E-state index is 11.4. The Morgan fingerprint density at radius 2 is 2.10 bits per heavy atom. The van der Waals surface area contributed by atoms with E-state index < -0.39 is 9.84 Å². The highest BCUT2D eigenvalue weighted by Gasteiger charge is 2.16. The van der Waals surface area contributed by atoms with Gasteiger partial charge in [0.2, 0.25) is 0 Å². The van der Waals surface area contributed by atoms with E-state index in [1.54, 1.807) is 0 Å². The van der Waals surface area contributed by atoms with Crippen molar-refractivity contribution in [2.45, 2.75) is 52.4 Å². The first kappa shape index (κ1) is 27.1. The maximum atomic E-state index is 11.4. The molecule has 172 valence electrons. The molecule has 7 nitrogen and oxygen atoms in total. The molecule has 2 N–H and O–H groups in total. The van der Waals surface area contributed by atoms with Crippen LogP contribution in [-0.4, -0.2) is 69.7 Å². The van der Waals surface area contributed by atoms with E-state index in [1.807, 2.05) is 13.8 Å². The van der Waals surface area contributed by atoms with Gasteiger partial charge in [-0.05, 0) is 38.3 Å². The molecule has 2 rings (SSSR count). The van der Waals surface area contributed by atoms with E-state index in [4.69, 9.17) is 4.74 Å². The molecule has 1 saturated heterocycles. The lowest BCUT2D eigenvalue weighted by Crippen LogP contribution is -2.42. The van der Waals surface area contributed by atoms with Gasteiger partial charge in [0.15, 0.2) is 5.96 Å². The summed E-state index contributed by atoms with van der Waals surface area (Å²) in [5.74, 6) is 0.879. The van der Waals surface area contributed by atoms with E-state index in [0.717, 1.165) is 38.3 Å². The van der Waals surface area contributed by atoms with Crippen molar-refractivity contribution >= 4 is 39.8 Å². The predicted molar refractivity (Wildman–Crippen MR) is 134 cm³/mol. The number of hydrogen-bond donors (Lipinski definition) is 2. The van der Waals surface area contributed by atoms with E-state index in [-0.39, 0.29) is 41.9 Å². The molecule has 0 radical (unpaired) electrons. The van der Waals surface area contributed by atoms with Crippen LogP contribution in [0.1, 0.15) is 38.3 Å². The third-order valence-corrected chi connectivity index (χ3v) is 5.77. The van der Waals surface area contributed by atoms with Crippen molar-refractivity contribution in [3.05, 3.63) is 35.4 Å². The number of benzene rings is 1. The molecule has 0 aliphatic carbocycles. The first-order valence-corrected chi connectivity index (χ1v) is 12.5. The zero-order chi connectivity index (χ0) is 21.3. The minimum absolute atomic E-state index is 0. The average molecular weight is 553 g/mol. The summed E-state index contributed by atoms with van der Waals surface area (Å²) in [4.78, 5) is 7.10. The molecule has 1 aliphatic rings. The number of morpholine rings is 1. The van der Waals surface area contributed by atoms with Gasteiger partial charge in [-0.3, -0.25) is 4.90 Å². The van der Waals surface area contributed by atoms with Gasteiger partial charge in [0.1, 0.15) is 9.84 Å². The number of aliphatic imine (C=N–C) groups is 1. The van der Waals surface area contributed by atoms with Crippen LogP contribution in [0.3, 0.4) is 0 Å². The van der Waals surface area contributed by atoms with Gasteiger partial charge in [-0.2, -0.15) is 0 Å².